The predicted molar refractivity (Wildman–Crippen MR) is 44.7 cm³/mol. The molecule has 12 heavy (non-hydrogen) atoms. The Bertz CT molecular complexity index is 203. The Labute approximate surface area is 72.0 Å². The lowest BCUT2D eigenvalue weighted by atomic mass is 10.1. The SMILES string of the molecule is CC1=CC(N(O)C=O)CN(C)C1. The number of carbonyl (C=O) groups excluding carboxylic acids is 1. The summed E-state index contributed by atoms with van der Waals surface area (Å²) in [6.07, 6.45) is 2.35. The second kappa shape index (κ2) is 3.69. The summed E-state index contributed by atoms with van der Waals surface area (Å²) in [7, 11) is 1.96. The van der Waals surface area contributed by atoms with E-state index in [9.17, 15) is 4.79 Å². The van der Waals surface area contributed by atoms with Gasteiger partial charge < -0.3 is 0 Å². The van der Waals surface area contributed by atoms with Crippen molar-refractivity contribution in [3.8, 4) is 0 Å². The summed E-state index contributed by atoms with van der Waals surface area (Å²) in [5.74, 6) is 0. The Morgan fingerprint density at radius 3 is 3.00 bits per heavy atom. The lowest BCUT2D eigenvalue weighted by molar-refractivity contribution is -0.157. The average Bonchev–Trinajstić information content (AvgIpc) is 2.01. The van der Waals surface area contributed by atoms with E-state index in [0.29, 0.717) is 18.0 Å². The Kier molecular flexibility index (Phi) is 2.83. The van der Waals surface area contributed by atoms with Gasteiger partial charge in [0.25, 0.3) is 0 Å². The summed E-state index contributed by atoms with van der Waals surface area (Å²) in [5, 5.41) is 9.82. The fraction of sp³-hybridized carbons (Fsp3) is 0.625. The van der Waals surface area contributed by atoms with Gasteiger partial charge >= 0.3 is 0 Å². The third-order valence-corrected chi connectivity index (χ3v) is 1.94. The van der Waals surface area contributed by atoms with Crippen LogP contribution in [0.25, 0.3) is 0 Å². The molecule has 1 N–H and O–H groups in total. The van der Waals surface area contributed by atoms with Gasteiger partial charge in [0.1, 0.15) is 0 Å². The zero-order valence-electron chi connectivity index (χ0n) is 7.40. The van der Waals surface area contributed by atoms with E-state index in [4.69, 9.17) is 5.21 Å². The van der Waals surface area contributed by atoms with Crippen LogP contribution < -0.4 is 0 Å². The van der Waals surface area contributed by atoms with E-state index < -0.39 is 0 Å². The molecule has 1 aliphatic rings. The number of rotatable bonds is 2. The zero-order valence-corrected chi connectivity index (χ0v) is 7.40. The van der Waals surface area contributed by atoms with Crippen LogP contribution in [0.5, 0.6) is 0 Å². The van der Waals surface area contributed by atoms with Crippen LogP contribution in [0.1, 0.15) is 6.92 Å². The normalized spacial score (nSPS) is 24.9. The van der Waals surface area contributed by atoms with Crippen molar-refractivity contribution in [1.29, 1.82) is 0 Å². The third-order valence-electron chi connectivity index (χ3n) is 1.94. The van der Waals surface area contributed by atoms with E-state index >= 15 is 0 Å². The van der Waals surface area contributed by atoms with Gasteiger partial charge in [-0.3, -0.25) is 14.9 Å². The fourth-order valence-electron chi connectivity index (χ4n) is 1.48. The van der Waals surface area contributed by atoms with Crippen LogP contribution in [0.2, 0.25) is 0 Å². The molecule has 0 aromatic rings. The highest BCUT2D eigenvalue weighted by Gasteiger charge is 2.19. The minimum absolute atomic E-state index is 0.193. The number of likely N-dealkylation sites (N-methyl/N-ethyl adjacent to an activating group) is 1. The molecule has 0 fully saturated rings. The van der Waals surface area contributed by atoms with Crippen LogP contribution in [0.15, 0.2) is 11.6 Å². The van der Waals surface area contributed by atoms with Gasteiger partial charge in [0.05, 0.1) is 6.04 Å². The van der Waals surface area contributed by atoms with Gasteiger partial charge in [-0.1, -0.05) is 11.6 Å². The molecule has 1 aliphatic heterocycles. The van der Waals surface area contributed by atoms with Crippen molar-refractivity contribution in [3.63, 3.8) is 0 Å². The molecule has 0 radical (unpaired) electrons. The van der Waals surface area contributed by atoms with Crippen LogP contribution in [0, 0.1) is 0 Å². The van der Waals surface area contributed by atoms with Crippen molar-refractivity contribution >= 4 is 6.41 Å². The van der Waals surface area contributed by atoms with Crippen LogP contribution in [-0.2, 0) is 4.79 Å². The van der Waals surface area contributed by atoms with E-state index in [1.165, 1.54) is 5.57 Å². The number of nitrogens with zero attached hydrogens (tertiary/aromatic N) is 2. The number of carbonyl (C=O) groups is 1. The Morgan fingerprint density at radius 2 is 2.50 bits per heavy atom. The van der Waals surface area contributed by atoms with Crippen molar-refractivity contribution in [2.45, 2.75) is 13.0 Å². The molecule has 0 aromatic carbocycles. The Morgan fingerprint density at radius 1 is 1.83 bits per heavy atom. The first-order chi connectivity index (χ1) is 5.63. The van der Waals surface area contributed by atoms with Gasteiger partial charge in [-0.2, -0.15) is 0 Å². The first-order valence-corrected chi connectivity index (χ1v) is 3.92. The molecule has 0 spiro atoms. The van der Waals surface area contributed by atoms with Crippen LogP contribution in [0.4, 0.5) is 0 Å². The fourth-order valence-corrected chi connectivity index (χ4v) is 1.48. The molecule has 0 aliphatic carbocycles. The van der Waals surface area contributed by atoms with Crippen molar-refractivity contribution in [3.05, 3.63) is 11.6 Å². The van der Waals surface area contributed by atoms with E-state index in [0.717, 1.165) is 6.54 Å². The van der Waals surface area contributed by atoms with Gasteiger partial charge in [-0.15, -0.1) is 0 Å². The number of amides is 1. The molecular formula is C8H14N2O2. The molecule has 1 atom stereocenters. The van der Waals surface area contributed by atoms with Crippen molar-refractivity contribution < 1.29 is 10.0 Å². The minimum Gasteiger partial charge on any atom is -0.300 e. The first kappa shape index (κ1) is 9.22. The molecule has 1 amide bonds. The monoisotopic (exact) mass is 170 g/mol. The van der Waals surface area contributed by atoms with E-state index in [1.54, 1.807) is 0 Å². The molecule has 1 unspecified atom stereocenters. The van der Waals surface area contributed by atoms with E-state index in [-0.39, 0.29) is 6.04 Å². The smallest absolute Gasteiger partial charge is 0.233 e. The van der Waals surface area contributed by atoms with Crippen LogP contribution in [0.3, 0.4) is 0 Å². The Hall–Kier alpha value is -0.870. The average molecular weight is 170 g/mol. The maximum absolute atomic E-state index is 10.2. The topological polar surface area (TPSA) is 43.8 Å². The van der Waals surface area contributed by atoms with Gasteiger partial charge in [0.2, 0.25) is 6.41 Å². The van der Waals surface area contributed by atoms with Crippen LogP contribution >= 0.6 is 0 Å². The van der Waals surface area contributed by atoms with Gasteiger partial charge in [0, 0.05) is 13.1 Å². The second-order valence-electron chi connectivity index (χ2n) is 3.26. The number of hydroxylamine groups is 2. The van der Waals surface area contributed by atoms with Gasteiger partial charge in [-0.25, -0.2) is 5.06 Å². The van der Waals surface area contributed by atoms with Crippen molar-refractivity contribution in [2.24, 2.45) is 0 Å². The quantitative estimate of drug-likeness (QED) is 0.276. The first-order valence-electron chi connectivity index (χ1n) is 3.92. The lowest BCUT2D eigenvalue weighted by Gasteiger charge is -2.30. The summed E-state index contributed by atoms with van der Waals surface area (Å²) < 4.78 is 0. The summed E-state index contributed by atoms with van der Waals surface area (Å²) >= 11 is 0. The summed E-state index contributed by atoms with van der Waals surface area (Å²) in [4.78, 5) is 12.3. The maximum atomic E-state index is 10.2. The van der Waals surface area contributed by atoms with E-state index in [1.807, 2.05) is 20.0 Å². The third kappa shape index (κ3) is 2.06. The van der Waals surface area contributed by atoms with E-state index in [2.05, 4.69) is 4.90 Å². The summed E-state index contributed by atoms with van der Waals surface area (Å²) in [6.45, 7) is 3.58. The molecule has 0 saturated carbocycles. The zero-order chi connectivity index (χ0) is 9.14. The van der Waals surface area contributed by atoms with Gasteiger partial charge in [-0.05, 0) is 14.0 Å². The lowest BCUT2D eigenvalue weighted by Crippen LogP contribution is -2.43. The highest BCUT2D eigenvalue weighted by molar-refractivity contribution is 5.46. The Balaban J connectivity index is 2.66. The predicted octanol–water partition coefficient (Wildman–Crippen LogP) is 0.0943. The highest BCUT2D eigenvalue weighted by Crippen LogP contribution is 2.10. The molecule has 0 saturated heterocycles. The van der Waals surface area contributed by atoms with Gasteiger partial charge in [0.15, 0.2) is 0 Å². The molecule has 1 rings (SSSR count). The largest absolute Gasteiger partial charge is 0.300 e. The molecule has 4 heteroatoms. The second-order valence-corrected chi connectivity index (χ2v) is 3.26. The highest BCUT2D eigenvalue weighted by atomic mass is 16.5. The molecule has 4 nitrogen and oxygen atoms in total. The standard InChI is InChI=1S/C8H14N2O2/c1-7-3-8(10(12)6-11)5-9(2)4-7/h3,6,8,12H,4-5H2,1-2H3. The minimum atomic E-state index is -0.193. The number of hydrogen-bond acceptors (Lipinski definition) is 3. The summed E-state index contributed by atoms with van der Waals surface area (Å²) in [5.41, 5.74) is 1.18. The molecular weight excluding hydrogens is 156 g/mol. The van der Waals surface area contributed by atoms with Crippen molar-refractivity contribution in [2.75, 3.05) is 20.1 Å². The molecule has 0 aromatic heterocycles. The maximum Gasteiger partial charge on any atom is 0.233 e. The molecule has 68 valence electrons. The van der Waals surface area contributed by atoms with Crippen LogP contribution in [-0.4, -0.2) is 47.8 Å². The summed E-state index contributed by atoms with van der Waals surface area (Å²) in [6, 6.07) is -0.193. The molecule has 1 heterocycles. The van der Waals surface area contributed by atoms with Crippen molar-refractivity contribution in [1.82, 2.24) is 9.96 Å². The number of hydrogen-bond donors (Lipinski definition) is 1. The molecule has 0 bridgehead atoms.